The molecule has 0 radical (unpaired) electrons. The average molecular weight is 502 g/mol. The summed E-state index contributed by atoms with van der Waals surface area (Å²) in [4.78, 5) is 41.2. The molecule has 11 heteroatoms. The third-order valence-corrected chi connectivity index (χ3v) is 6.07. The van der Waals surface area contributed by atoms with Crippen molar-refractivity contribution in [3.8, 4) is 0 Å². The fourth-order valence-corrected chi connectivity index (χ4v) is 4.45. The highest BCUT2D eigenvalue weighted by atomic mass is 35.5. The molecule has 35 heavy (non-hydrogen) atoms. The number of alkyl carbamates (subject to hydrolysis) is 1. The molecule has 186 valence electrons. The number of ether oxygens (including phenoxy) is 1. The van der Waals surface area contributed by atoms with Gasteiger partial charge in [-0.3, -0.25) is 4.79 Å². The Morgan fingerprint density at radius 1 is 1.31 bits per heavy atom. The molecule has 2 aromatic heterocycles. The largest absolute Gasteiger partial charge is 0.477 e. The molecule has 0 unspecified atom stereocenters. The fraction of sp³-hybridized carbons (Fsp3) is 0.417. The monoisotopic (exact) mass is 501 g/mol. The van der Waals surface area contributed by atoms with Crippen molar-refractivity contribution in [2.75, 3.05) is 18.0 Å². The number of carboxylic acids is 1. The number of amides is 1. The third-order valence-electron chi connectivity index (χ3n) is 5.70. The number of aromatic nitrogens is 3. The van der Waals surface area contributed by atoms with E-state index < -0.39 is 23.2 Å². The Hall–Kier alpha value is -3.53. The van der Waals surface area contributed by atoms with Crippen molar-refractivity contribution in [3.63, 3.8) is 0 Å². The van der Waals surface area contributed by atoms with Gasteiger partial charge in [0, 0.05) is 36.1 Å². The topological polar surface area (TPSA) is 129 Å². The van der Waals surface area contributed by atoms with E-state index in [9.17, 15) is 19.5 Å². The van der Waals surface area contributed by atoms with Crippen molar-refractivity contribution in [1.82, 2.24) is 19.9 Å². The first-order valence-electron chi connectivity index (χ1n) is 11.4. The molecule has 10 nitrogen and oxygen atoms in total. The zero-order valence-electron chi connectivity index (χ0n) is 19.8. The summed E-state index contributed by atoms with van der Waals surface area (Å²) in [6, 6.07) is 7.16. The number of aromatic amines is 1. The molecule has 1 amide bonds. The van der Waals surface area contributed by atoms with Crippen molar-refractivity contribution >= 4 is 35.0 Å². The normalized spacial score (nSPS) is 16.3. The van der Waals surface area contributed by atoms with Crippen LogP contribution in [0, 0.1) is 0 Å². The van der Waals surface area contributed by atoms with Crippen molar-refractivity contribution in [1.29, 1.82) is 0 Å². The van der Waals surface area contributed by atoms with Crippen LogP contribution in [-0.2, 0) is 11.2 Å². The lowest BCUT2D eigenvalue weighted by Gasteiger charge is -2.34. The number of carboxylic acid groups (broad SMARTS) is 1. The predicted octanol–water partition coefficient (Wildman–Crippen LogP) is 3.46. The molecule has 0 saturated carbocycles. The number of rotatable bonds is 5. The van der Waals surface area contributed by atoms with Crippen LogP contribution in [0.15, 0.2) is 35.3 Å². The van der Waals surface area contributed by atoms with E-state index in [1.807, 2.05) is 23.1 Å². The first-order chi connectivity index (χ1) is 16.5. The van der Waals surface area contributed by atoms with Gasteiger partial charge in [-0.05, 0) is 45.2 Å². The van der Waals surface area contributed by atoms with Gasteiger partial charge in [0.25, 0.3) is 5.56 Å². The summed E-state index contributed by atoms with van der Waals surface area (Å²) in [5.74, 6) is -0.707. The minimum absolute atomic E-state index is 0.176. The van der Waals surface area contributed by atoms with Crippen LogP contribution in [0.3, 0.4) is 0 Å². The highest BCUT2D eigenvalue weighted by molar-refractivity contribution is 6.31. The summed E-state index contributed by atoms with van der Waals surface area (Å²) in [6.07, 6.45) is 2.69. The Morgan fingerprint density at radius 2 is 2.06 bits per heavy atom. The van der Waals surface area contributed by atoms with Crippen LogP contribution in [0.1, 0.15) is 55.2 Å². The Kier molecular flexibility index (Phi) is 6.75. The molecule has 0 spiro atoms. The second-order valence-corrected chi connectivity index (χ2v) is 10.0. The summed E-state index contributed by atoms with van der Waals surface area (Å²) in [7, 11) is 0. The van der Waals surface area contributed by atoms with Gasteiger partial charge in [-0.1, -0.05) is 29.8 Å². The van der Waals surface area contributed by atoms with Crippen molar-refractivity contribution in [3.05, 3.63) is 62.7 Å². The van der Waals surface area contributed by atoms with Crippen LogP contribution in [0.4, 0.5) is 10.6 Å². The zero-order valence-corrected chi connectivity index (χ0v) is 20.6. The second-order valence-electron chi connectivity index (χ2n) is 9.60. The van der Waals surface area contributed by atoms with Gasteiger partial charge in [-0.2, -0.15) is 0 Å². The number of hydrogen-bond donors (Lipinski definition) is 3. The maximum absolute atomic E-state index is 12.9. The molecule has 1 aliphatic rings. The van der Waals surface area contributed by atoms with Gasteiger partial charge in [0.15, 0.2) is 5.82 Å². The Balaban J connectivity index is 1.72. The van der Waals surface area contributed by atoms with Gasteiger partial charge in [-0.25, -0.2) is 14.1 Å². The minimum atomic E-state index is -1.26. The number of halogens is 1. The maximum Gasteiger partial charge on any atom is 0.407 e. The lowest BCUT2D eigenvalue weighted by atomic mass is 10.0. The first-order valence-corrected chi connectivity index (χ1v) is 11.8. The molecule has 3 heterocycles. The number of nitrogens with one attached hydrogen (secondary N) is 2. The average Bonchev–Trinajstić information content (AvgIpc) is 3.13. The fourth-order valence-electron chi connectivity index (χ4n) is 4.25. The highest BCUT2D eigenvalue weighted by Crippen LogP contribution is 2.30. The molecule has 1 aliphatic heterocycles. The molecule has 1 aromatic carbocycles. The number of aromatic carboxylic acids is 1. The Morgan fingerprint density at radius 3 is 2.74 bits per heavy atom. The Bertz CT molecular complexity index is 1330. The zero-order chi connectivity index (χ0) is 25.3. The quantitative estimate of drug-likeness (QED) is 0.488. The number of H-pyrrole nitrogens is 1. The number of nitrogens with zero attached hydrogens (tertiary/aromatic N) is 3. The molecule has 1 saturated heterocycles. The van der Waals surface area contributed by atoms with Crippen LogP contribution >= 0.6 is 11.6 Å². The second kappa shape index (κ2) is 9.61. The third kappa shape index (κ3) is 5.59. The van der Waals surface area contributed by atoms with Gasteiger partial charge in [0.1, 0.15) is 16.8 Å². The van der Waals surface area contributed by atoms with Crippen molar-refractivity contribution in [2.24, 2.45) is 0 Å². The first kappa shape index (κ1) is 24.6. The number of piperidine rings is 1. The molecule has 1 fully saturated rings. The van der Waals surface area contributed by atoms with E-state index in [1.165, 1.54) is 10.7 Å². The Labute approximate surface area is 206 Å². The van der Waals surface area contributed by atoms with Gasteiger partial charge in [0.05, 0.1) is 6.20 Å². The number of benzene rings is 1. The summed E-state index contributed by atoms with van der Waals surface area (Å²) >= 11 is 6.40. The number of anilines is 1. The van der Waals surface area contributed by atoms with Gasteiger partial charge in [0.2, 0.25) is 0 Å². The van der Waals surface area contributed by atoms with Crippen LogP contribution in [0.25, 0.3) is 5.52 Å². The van der Waals surface area contributed by atoms with Crippen molar-refractivity contribution in [2.45, 2.75) is 51.7 Å². The summed E-state index contributed by atoms with van der Waals surface area (Å²) in [5.41, 5.74) is 0.286. The van der Waals surface area contributed by atoms with E-state index in [-0.39, 0.29) is 17.3 Å². The van der Waals surface area contributed by atoms with E-state index in [4.69, 9.17) is 16.3 Å². The van der Waals surface area contributed by atoms with E-state index in [0.29, 0.717) is 35.9 Å². The molecule has 1 atom stereocenters. The molecule has 0 aliphatic carbocycles. The van der Waals surface area contributed by atoms with Crippen LogP contribution in [0.5, 0.6) is 0 Å². The van der Waals surface area contributed by atoms with Gasteiger partial charge >= 0.3 is 12.1 Å². The van der Waals surface area contributed by atoms with Gasteiger partial charge in [-0.15, -0.1) is 5.10 Å². The van der Waals surface area contributed by atoms with E-state index >= 15 is 0 Å². The smallest absolute Gasteiger partial charge is 0.407 e. The van der Waals surface area contributed by atoms with Gasteiger partial charge < -0.3 is 25.0 Å². The molecule has 0 bridgehead atoms. The van der Waals surface area contributed by atoms with E-state index in [0.717, 1.165) is 18.4 Å². The molecular formula is C24H28ClN5O5. The molecule has 3 N–H and O–H groups in total. The lowest BCUT2D eigenvalue weighted by molar-refractivity contribution is 0.0499. The SMILES string of the molecule is CC(C)(C)OC(=O)N[C@@H]1CCCN(c2nn3cc(C(=O)O)[nH]c(=O)c3c2Cc2ccccc2Cl)C1. The number of carbonyl (C=O) groups excluding carboxylic acids is 1. The summed E-state index contributed by atoms with van der Waals surface area (Å²) < 4.78 is 6.71. The summed E-state index contributed by atoms with van der Waals surface area (Å²) in [5, 5.41) is 17.5. The van der Waals surface area contributed by atoms with E-state index in [2.05, 4.69) is 15.4 Å². The van der Waals surface area contributed by atoms with Crippen LogP contribution < -0.4 is 15.8 Å². The number of hydrogen-bond acceptors (Lipinski definition) is 6. The molecule has 3 aromatic rings. The highest BCUT2D eigenvalue weighted by Gasteiger charge is 2.29. The van der Waals surface area contributed by atoms with Crippen LogP contribution in [-0.4, -0.2) is 56.5 Å². The summed E-state index contributed by atoms with van der Waals surface area (Å²) in [6.45, 7) is 6.54. The lowest BCUT2D eigenvalue weighted by Crippen LogP contribution is -2.49. The molecule has 4 rings (SSSR count). The standard InChI is InChI=1S/C24H28ClN5O5/c1-24(2,3)35-23(34)26-15-8-6-10-29(12-15)20-16(11-14-7-4-5-9-17(14)25)19-21(31)27-18(22(32)33)13-30(19)28-20/h4-5,7,9,13,15H,6,8,10-12H2,1-3H3,(H,26,34)(H,27,31)(H,32,33)/t15-/m1/s1. The van der Waals surface area contributed by atoms with Crippen molar-refractivity contribution < 1.29 is 19.4 Å². The number of fused-ring (bicyclic) bond motifs is 1. The molecular weight excluding hydrogens is 474 g/mol. The number of carbonyl (C=O) groups is 2. The predicted molar refractivity (Wildman–Crippen MR) is 132 cm³/mol. The maximum atomic E-state index is 12.9. The van der Waals surface area contributed by atoms with E-state index in [1.54, 1.807) is 26.8 Å². The minimum Gasteiger partial charge on any atom is -0.477 e. The van der Waals surface area contributed by atoms with Crippen LogP contribution in [0.2, 0.25) is 5.02 Å².